The maximum Gasteiger partial charge on any atom is 0.311 e. The van der Waals surface area contributed by atoms with Gasteiger partial charge in [-0.05, 0) is 32.1 Å². The van der Waals surface area contributed by atoms with E-state index in [9.17, 15) is 9.90 Å². The molecule has 0 aromatic rings. The molecule has 1 rings (SSSR count). The molecule has 1 saturated carbocycles. The highest BCUT2D eigenvalue weighted by Gasteiger charge is 2.43. The average molecular weight is 242 g/mol. The molecule has 0 spiro atoms. The van der Waals surface area contributed by atoms with Crippen molar-refractivity contribution in [3.63, 3.8) is 0 Å². The molecule has 0 amide bonds. The lowest BCUT2D eigenvalue weighted by molar-refractivity contribution is -0.163. The molecule has 3 unspecified atom stereocenters. The molecule has 0 heterocycles. The SMILES string of the molecule is CCCC(C(=O)OCC)C1(O)CCCC(C)C1. The molecule has 17 heavy (non-hydrogen) atoms. The molecule has 0 aromatic heterocycles. The predicted molar refractivity (Wildman–Crippen MR) is 67.6 cm³/mol. The molecule has 1 fully saturated rings. The third-order valence-electron chi connectivity index (χ3n) is 3.81. The quantitative estimate of drug-likeness (QED) is 0.754. The number of carbonyl (C=O) groups is 1. The van der Waals surface area contributed by atoms with Crippen molar-refractivity contribution < 1.29 is 14.6 Å². The zero-order chi connectivity index (χ0) is 12.9. The van der Waals surface area contributed by atoms with E-state index in [1.807, 2.05) is 13.8 Å². The predicted octanol–water partition coefficient (Wildman–Crippen LogP) is 2.91. The largest absolute Gasteiger partial charge is 0.466 e. The number of aliphatic hydroxyl groups is 1. The van der Waals surface area contributed by atoms with E-state index in [0.717, 1.165) is 38.5 Å². The van der Waals surface area contributed by atoms with Crippen LogP contribution < -0.4 is 0 Å². The Labute approximate surface area is 105 Å². The molecule has 3 atom stereocenters. The summed E-state index contributed by atoms with van der Waals surface area (Å²) in [6, 6.07) is 0. The molecule has 1 aliphatic rings. The van der Waals surface area contributed by atoms with E-state index in [2.05, 4.69) is 6.92 Å². The van der Waals surface area contributed by atoms with Crippen LogP contribution >= 0.6 is 0 Å². The Bertz CT molecular complexity index is 252. The van der Waals surface area contributed by atoms with Crippen molar-refractivity contribution >= 4 is 5.97 Å². The van der Waals surface area contributed by atoms with Crippen LogP contribution in [-0.2, 0) is 9.53 Å². The smallest absolute Gasteiger partial charge is 0.311 e. The summed E-state index contributed by atoms with van der Waals surface area (Å²) in [4.78, 5) is 12.0. The van der Waals surface area contributed by atoms with E-state index in [1.54, 1.807) is 0 Å². The maximum absolute atomic E-state index is 12.0. The van der Waals surface area contributed by atoms with Gasteiger partial charge in [-0.25, -0.2) is 0 Å². The van der Waals surface area contributed by atoms with Crippen LogP contribution in [0.3, 0.4) is 0 Å². The standard InChI is InChI=1S/C14H26O3/c1-4-7-12(13(15)17-5-2)14(16)9-6-8-11(3)10-14/h11-12,16H,4-10H2,1-3H3. The molecule has 100 valence electrons. The number of ether oxygens (including phenoxy) is 1. The van der Waals surface area contributed by atoms with Crippen molar-refractivity contribution in [3.8, 4) is 0 Å². The third-order valence-corrected chi connectivity index (χ3v) is 3.81. The molecule has 1 aliphatic carbocycles. The first kappa shape index (κ1) is 14.5. The van der Waals surface area contributed by atoms with Gasteiger partial charge >= 0.3 is 5.97 Å². The zero-order valence-corrected chi connectivity index (χ0v) is 11.4. The average Bonchev–Trinajstić information content (AvgIpc) is 2.25. The molecular formula is C14H26O3. The first-order valence-corrected chi connectivity index (χ1v) is 6.92. The van der Waals surface area contributed by atoms with Crippen LogP contribution in [0.2, 0.25) is 0 Å². The van der Waals surface area contributed by atoms with E-state index >= 15 is 0 Å². The van der Waals surface area contributed by atoms with Gasteiger partial charge in [0.25, 0.3) is 0 Å². The molecule has 0 bridgehead atoms. The number of hydrogen-bond donors (Lipinski definition) is 1. The van der Waals surface area contributed by atoms with Gasteiger partial charge in [0, 0.05) is 0 Å². The Morgan fingerprint density at radius 3 is 2.76 bits per heavy atom. The number of carbonyl (C=O) groups excluding carboxylic acids is 1. The van der Waals surface area contributed by atoms with Crippen LogP contribution in [0.25, 0.3) is 0 Å². The second kappa shape index (κ2) is 6.39. The van der Waals surface area contributed by atoms with Gasteiger partial charge in [0.1, 0.15) is 0 Å². The fraction of sp³-hybridized carbons (Fsp3) is 0.929. The molecule has 3 nitrogen and oxygen atoms in total. The van der Waals surface area contributed by atoms with Crippen molar-refractivity contribution in [3.05, 3.63) is 0 Å². The van der Waals surface area contributed by atoms with Crippen molar-refractivity contribution in [1.82, 2.24) is 0 Å². The van der Waals surface area contributed by atoms with Crippen molar-refractivity contribution in [2.75, 3.05) is 6.61 Å². The van der Waals surface area contributed by atoms with Gasteiger partial charge in [0.15, 0.2) is 0 Å². The van der Waals surface area contributed by atoms with Gasteiger partial charge in [-0.2, -0.15) is 0 Å². The highest BCUT2D eigenvalue weighted by molar-refractivity contribution is 5.73. The van der Waals surface area contributed by atoms with Gasteiger partial charge in [-0.1, -0.05) is 33.1 Å². The summed E-state index contributed by atoms with van der Waals surface area (Å²) in [6.07, 6.45) is 5.26. The minimum absolute atomic E-state index is 0.217. The summed E-state index contributed by atoms with van der Waals surface area (Å²) in [5, 5.41) is 10.7. The lowest BCUT2D eigenvalue weighted by atomic mass is 9.70. The summed E-state index contributed by atoms with van der Waals surface area (Å²) < 4.78 is 5.11. The highest BCUT2D eigenvalue weighted by atomic mass is 16.5. The number of rotatable bonds is 5. The van der Waals surface area contributed by atoms with Gasteiger partial charge < -0.3 is 9.84 Å². The van der Waals surface area contributed by atoms with Gasteiger partial charge in [-0.15, -0.1) is 0 Å². The fourth-order valence-electron chi connectivity index (χ4n) is 3.02. The molecule has 0 aliphatic heterocycles. The van der Waals surface area contributed by atoms with Crippen molar-refractivity contribution in [2.24, 2.45) is 11.8 Å². The summed E-state index contributed by atoms with van der Waals surface area (Å²) >= 11 is 0. The minimum atomic E-state index is -0.833. The highest BCUT2D eigenvalue weighted by Crippen LogP contribution is 2.39. The van der Waals surface area contributed by atoms with Crippen molar-refractivity contribution in [2.45, 2.75) is 64.9 Å². The van der Waals surface area contributed by atoms with Crippen LogP contribution in [0.15, 0.2) is 0 Å². The number of esters is 1. The van der Waals surface area contributed by atoms with E-state index in [4.69, 9.17) is 4.74 Å². The zero-order valence-electron chi connectivity index (χ0n) is 11.4. The Morgan fingerprint density at radius 2 is 2.24 bits per heavy atom. The van der Waals surface area contributed by atoms with Crippen LogP contribution in [0.4, 0.5) is 0 Å². The molecule has 1 N–H and O–H groups in total. The van der Waals surface area contributed by atoms with Crippen molar-refractivity contribution in [1.29, 1.82) is 0 Å². The molecule has 0 saturated heterocycles. The monoisotopic (exact) mass is 242 g/mol. The lowest BCUT2D eigenvalue weighted by Crippen LogP contribution is -2.46. The normalized spacial score (nSPS) is 30.9. The summed E-state index contributed by atoms with van der Waals surface area (Å²) in [5.41, 5.74) is -0.833. The van der Waals surface area contributed by atoms with E-state index < -0.39 is 5.60 Å². The molecular weight excluding hydrogens is 216 g/mol. The fourth-order valence-corrected chi connectivity index (χ4v) is 3.02. The Kier molecular flexibility index (Phi) is 5.44. The Balaban J connectivity index is 2.76. The molecule has 0 radical (unpaired) electrons. The minimum Gasteiger partial charge on any atom is -0.466 e. The Hall–Kier alpha value is -0.570. The van der Waals surface area contributed by atoms with E-state index in [1.165, 1.54) is 0 Å². The second-order valence-electron chi connectivity index (χ2n) is 5.40. The van der Waals surface area contributed by atoms with E-state index in [-0.39, 0.29) is 11.9 Å². The first-order chi connectivity index (χ1) is 8.03. The topological polar surface area (TPSA) is 46.5 Å². The molecule has 0 aromatic carbocycles. The van der Waals surface area contributed by atoms with Crippen LogP contribution in [0, 0.1) is 11.8 Å². The van der Waals surface area contributed by atoms with Crippen LogP contribution in [0.5, 0.6) is 0 Å². The number of hydrogen-bond acceptors (Lipinski definition) is 3. The van der Waals surface area contributed by atoms with Crippen LogP contribution in [-0.4, -0.2) is 23.3 Å². The Morgan fingerprint density at radius 1 is 1.53 bits per heavy atom. The lowest BCUT2D eigenvalue weighted by Gasteiger charge is -2.40. The first-order valence-electron chi connectivity index (χ1n) is 6.92. The van der Waals surface area contributed by atoms with Gasteiger partial charge in [0.2, 0.25) is 0 Å². The van der Waals surface area contributed by atoms with Gasteiger partial charge in [-0.3, -0.25) is 4.79 Å². The summed E-state index contributed by atoms with van der Waals surface area (Å²) in [7, 11) is 0. The third kappa shape index (κ3) is 3.70. The maximum atomic E-state index is 12.0. The van der Waals surface area contributed by atoms with Crippen LogP contribution in [0.1, 0.15) is 59.3 Å². The van der Waals surface area contributed by atoms with E-state index in [0.29, 0.717) is 12.5 Å². The summed E-state index contributed by atoms with van der Waals surface area (Å²) in [5.74, 6) is -0.0521. The van der Waals surface area contributed by atoms with Gasteiger partial charge in [0.05, 0.1) is 18.1 Å². The molecule has 3 heteroatoms. The second-order valence-corrected chi connectivity index (χ2v) is 5.40. The summed E-state index contributed by atoms with van der Waals surface area (Å²) in [6.45, 7) is 6.40.